The quantitative estimate of drug-likeness (QED) is 0.649. The minimum atomic E-state index is -2.97. The van der Waals surface area contributed by atoms with Crippen molar-refractivity contribution in [3.63, 3.8) is 0 Å². The Morgan fingerprint density at radius 3 is 2.76 bits per heavy atom. The van der Waals surface area contributed by atoms with Crippen molar-refractivity contribution in [2.45, 2.75) is 24.0 Å². The fourth-order valence-corrected chi connectivity index (χ4v) is 4.92. The Bertz CT molecular complexity index is 1220. The molecular formula is C19H19ClN4O4S. The first kappa shape index (κ1) is 18.5. The van der Waals surface area contributed by atoms with E-state index in [1.165, 1.54) is 18.4 Å². The average Bonchev–Trinajstić information content (AvgIpc) is 3.21. The van der Waals surface area contributed by atoms with Crippen LogP contribution in [0.2, 0.25) is 5.02 Å². The number of nitrogens with zero attached hydrogens (tertiary/aromatic N) is 2. The molecule has 3 heterocycles. The van der Waals surface area contributed by atoms with Crippen LogP contribution in [0.3, 0.4) is 0 Å². The van der Waals surface area contributed by atoms with Crippen molar-refractivity contribution in [3.05, 3.63) is 41.1 Å². The Balaban J connectivity index is 1.16. The van der Waals surface area contributed by atoms with Gasteiger partial charge in [0.25, 0.3) is 11.9 Å². The number of benzene rings is 1. The van der Waals surface area contributed by atoms with Crippen LogP contribution in [-0.2, 0) is 9.73 Å². The van der Waals surface area contributed by atoms with Crippen LogP contribution in [0.1, 0.15) is 23.4 Å². The third-order valence-electron chi connectivity index (χ3n) is 5.54. The van der Waals surface area contributed by atoms with E-state index in [9.17, 15) is 9.00 Å². The first-order valence-electron chi connectivity index (χ1n) is 9.16. The average molecular weight is 435 g/mol. The molecule has 10 heteroatoms. The van der Waals surface area contributed by atoms with Crippen molar-refractivity contribution in [3.8, 4) is 0 Å². The SMILES string of the molecule is C[S@@](=N)(=O)c1ccc(C(=O)NC2CC3(C2)CN(c2nc4cc(Cl)ccc4o2)C3)o1. The van der Waals surface area contributed by atoms with Crippen molar-refractivity contribution >= 4 is 44.4 Å². The summed E-state index contributed by atoms with van der Waals surface area (Å²) in [7, 11) is -2.97. The second-order valence-electron chi connectivity index (χ2n) is 8.01. The number of carbonyl (C=O) groups excluding carboxylic acids is 1. The normalized spacial score (nSPS) is 20.3. The maximum atomic E-state index is 12.3. The Labute approximate surface area is 172 Å². The lowest BCUT2D eigenvalue weighted by molar-refractivity contribution is 0.0403. The summed E-state index contributed by atoms with van der Waals surface area (Å²) in [6.45, 7) is 1.67. The second kappa shape index (κ2) is 6.24. The predicted octanol–water partition coefficient (Wildman–Crippen LogP) is 3.51. The molecule has 1 saturated heterocycles. The van der Waals surface area contributed by atoms with Gasteiger partial charge in [0.2, 0.25) is 0 Å². The molecule has 1 aliphatic heterocycles. The lowest BCUT2D eigenvalue weighted by Crippen LogP contribution is -2.66. The van der Waals surface area contributed by atoms with E-state index in [1.54, 1.807) is 12.1 Å². The van der Waals surface area contributed by atoms with Crippen LogP contribution < -0.4 is 10.2 Å². The second-order valence-corrected chi connectivity index (χ2v) is 10.5. The number of rotatable bonds is 4. The minimum Gasteiger partial charge on any atom is -0.441 e. The summed E-state index contributed by atoms with van der Waals surface area (Å²) in [6, 6.07) is 8.93. The number of halogens is 1. The van der Waals surface area contributed by atoms with Gasteiger partial charge >= 0.3 is 0 Å². The molecule has 1 atom stereocenters. The van der Waals surface area contributed by atoms with E-state index < -0.39 is 9.73 Å². The Hall–Kier alpha value is -2.52. The number of anilines is 1. The molecule has 8 nitrogen and oxygen atoms in total. The molecule has 2 N–H and O–H groups in total. The maximum Gasteiger partial charge on any atom is 0.298 e. The van der Waals surface area contributed by atoms with Crippen LogP contribution in [0.4, 0.5) is 6.01 Å². The van der Waals surface area contributed by atoms with Crippen molar-refractivity contribution in [1.82, 2.24) is 10.3 Å². The van der Waals surface area contributed by atoms with Crippen molar-refractivity contribution in [2.75, 3.05) is 24.2 Å². The van der Waals surface area contributed by atoms with Crippen LogP contribution >= 0.6 is 11.6 Å². The van der Waals surface area contributed by atoms with Gasteiger partial charge in [0.05, 0.1) is 0 Å². The molecule has 1 spiro atoms. The highest BCUT2D eigenvalue weighted by Crippen LogP contribution is 2.49. The zero-order valence-electron chi connectivity index (χ0n) is 15.6. The number of hydrogen-bond donors (Lipinski definition) is 2. The Kier molecular flexibility index (Phi) is 3.98. The largest absolute Gasteiger partial charge is 0.441 e. The summed E-state index contributed by atoms with van der Waals surface area (Å²) in [4.78, 5) is 18.9. The first-order chi connectivity index (χ1) is 13.7. The van der Waals surface area contributed by atoms with Gasteiger partial charge in [-0.05, 0) is 43.2 Å². The van der Waals surface area contributed by atoms with Crippen LogP contribution in [0, 0.1) is 10.2 Å². The highest BCUT2D eigenvalue weighted by atomic mass is 35.5. The van der Waals surface area contributed by atoms with Crippen LogP contribution in [0.25, 0.3) is 11.1 Å². The van der Waals surface area contributed by atoms with Crippen LogP contribution in [-0.4, -0.2) is 40.5 Å². The molecule has 2 aliphatic rings. The van der Waals surface area contributed by atoms with Gasteiger partial charge in [-0.25, -0.2) is 8.99 Å². The number of fused-ring (bicyclic) bond motifs is 1. The van der Waals surface area contributed by atoms with Gasteiger partial charge in [0.1, 0.15) is 15.2 Å². The maximum absolute atomic E-state index is 12.3. The van der Waals surface area contributed by atoms with Gasteiger partial charge in [-0.1, -0.05) is 11.6 Å². The van der Waals surface area contributed by atoms with E-state index in [-0.39, 0.29) is 28.2 Å². The monoisotopic (exact) mass is 434 g/mol. The third-order valence-corrected chi connectivity index (χ3v) is 6.77. The molecule has 5 rings (SSSR count). The number of furan rings is 1. The van der Waals surface area contributed by atoms with Gasteiger partial charge in [-0.2, -0.15) is 4.98 Å². The number of amides is 1. The lowest BCUT2D eigenvalue weighted by atomic mass is 9.61. The fraction of sp³-hybridized carbons (Fsp3) is 0.368. The summed E-state index contributed by atoms with van der Waals surface area (Å²) >= 11 is 6.00. The molecule has 2 fully saturated rings. The van der Waals surface area contributed by atoms with E-state index in [1.807, 2.05) is 6.07 Å². The molecule has 1 saturated carbocycles. The molecule has 1 amide bonds. The van der Waals surface area contributed by atoms with Crippen molar-refractivity contribution in [1.29, 1.82) is 4.78 Å². The molecule has 2 aromatic heterocycles. The van der Waals surface area contributed by atoms with Gasteiger partial charge in [-0.15, -0.1) is 0 Å². The van der Waals surface area contributed by atoms with Crippen LogP contribution in [0.5, 0.6) is 0 Å². The number of hydrogen-bond acceptors (Lipinski definition) is 7. The smallest absolute Gasteiger partial charge is 0.298 e. The molecule has 0 bridgehead atoms. The third kappa shape index (κ3) is 3.28. The minimum absolute atomic E-state index is 0.0157. The highest BCUT2D eigenvalue weighted by Gasteiger charge is 2.54. The number of nitrogens with one attached hydrogen (secondary N) is 2. The number of oxazole rings is 1. The first-order valence-corrected chi connectivity index (χ1v) is 11.5. The Morgan fingerprint density at radius 1 is 1.31 bits per heavy atom. The highest BCUT2D eigenvalue weighted by molar-refractivity contribution is 7.91. The summed E-state index contributed by atoms with van der Waals surface area (Å²) in [5.74, 6) is -0.255. The topological polar surface area (TPSA) is 112 Å². The molecular weight excluding hydrogens is 416 g/mol. The summed E-state index contributed by atoms with van der Waals surface area (Å²) in [5.41, 5.74) is 1.63. The molecule has 3 aromatic rings. The molecule has 1 aromatic carbocycles. The van der Waals surface area contributed by atoms with Crippen LogP contribution in [0.15, 0.2) is 44.3 Å². The van der Waals surface area contributed by atoms with E-state index in [4.69, 9.17) is 25.2 Å². The van der Waals surface area contributed by atoms with E-state index >= 15 is 0 Å². The lowest BCUT2D eigenvalue weighted by Gasteiger charge is -2.58. The standard InChI is InChI=1S/C19H19ClN4O4S/c1-29(21,26)16-5-4-15(27-16)17(25)22-12-7-19(8-12)9-24(10-19)18-23-13-6-11(20)2-3-14(13)28-18/h2-6,12,21H,7-10H2,1H3,(H,22,25)/t29-/m1/s1. The van der Waals surface area contributed by atoms with Crippen molar-refractivity contribution < 1.29 is 17.8 Å². The summed E-state index contributed by atoms with van der Waals surface area (Å²) in [6.07, 6.45) is 3.01. The van der Waals surface area contributed by atoms with Gasteiger partial charge < -0.3 is 19.1 Å². The van der Waals surface area contributed by atoms with Crippen molar-refractivity contribution in [2.24, 2.45) is 5.41 Å². The molecule has 152 valence electrons. The number of carbonyl (C=O) groups is 1. The summed E-state index contributed by atoms with van der Waals surface area (Å²) in [5, 5.41) is 3.59. The molecule has 0 radical (unpaired) electrons. The Morgan fingerprint density at radius 2 is 2.07 bits per heavy atom. The van der Waals surface area contributed by atoms with E-state index in [0.29, 0.717) is 16.6 Å². The summed E-state index contributed by atoms with van der Waals surface area (Å²) < 4.78 is 30.3. The van der Waals surface area contributed by atoms with E-state index in [2.05, 4.69) is 15.2 Å². The molecule has 29 heavy (non-hydrogen) atoms. The van der Waals surface area contributed by atoms with E-state index in [0.717, 1.165) is 31.4 Å². The number of aromatic nitrogens is 1. The molecule has 1 aliphatic carbocycles. The molecule has 0 unspecified atom stereocenters. The fourth-order valence-electron chi connectivity index (χ4n) is 4.18. The van der Waals surface area contributed by atoms with Gasteiger partial charge in [0, 0.05) is 35.8 Å². The van der Waals surface area contributed by atoms with Gasteiger partial charge in [-0.3, -0.25) is 4.79 Å². The zero-order valence-corrected chi connectivity index (χ0v) is 17.2. The zero-order chi connectivity index (χ0) is 20.4. The van der Waals surface area contributed by atoms with Gasteiger partial charge in [0.15, 0.2) is 16.4 Å². The predicted molar refractivity (Wildman–Crippen MR) is 108 cm³/mol.